The maximum absolute atomic E-state index is 12.7. The van der Waals surface area contributed by atoms with Crippen molar-refractivity contribution in [3.05, 3.63) is 58.3 Å². The summed E-state index contributed by atoms with van der Waals surface area (Å²) in [5, 5.41) is 1.99. The van der Waals surface area contributed by atoms with Crippen LogP contribution < -0.4 is 0 Å². The summed E-state index contributed by atoms with van der Waals surface area (Å²) in [6, 6.07) is 14.1. The fraction of sp³-hybridized carbons (Fsp3) is 0.429. The van der Waals surface area contributed by atoms with E-state index in [1.165, 1.54) is 5.56 Å². The van der Waals surface area contributed by atoms with Crippen molar-refractivity contribution < 1.29 is 9.59 Å². The Balaban J connectivity index is 1.51. The molecule has 0 spiro atoms. The average Bonchev–Trinajstić information content (AvgIpc) is 3.15. The number of carbonyl (C=O) groups is 2. The molecule has 1 aromatic heterocycles. The lowest BCUT2D eigenvalue weighted by molar-refractivity contribution is -0.139. The van der Waals surface area contributed by atoms with Gasteiger partial charge in [0.05, 0.1) is 6.42 Å². The Labute approximate surface area is 159 Å². The predicted octanol–water partition coefficient (Wildman–Crippen LogP) is 3.33. The van der Waals surface area contributed by atoms with Gasteiger partial charge in [0.15, 0.2) is 0 Å². The Morgan fingerprint density at radius 3 is 2.12 bits per heavy atom. The second-order valence-corrected chi connectivity index (χ2v) is 8.48. The zero-order chi connectivity index (χ0) is 18.6. The Kier molecular flexibility index (Phi) is 5.77. The van der Waals surface area contributed by atoms with Gasteiger partial charge in [-0.1, -0.05) is 50.2 Å². The summed E-state index contributed by atoms with van der Waals surface area (Å²) in [5.74, 6) is 0.327. The average molecular weight is 371 g/mol. The molecule has 1 fully saturated rings. The first-order valence-electron chi connectivity index (χ1n) is 9.09. The van der Waals surface area contributed by atoms with Crippen molar-refractivity contribution in [1.29, 1.82) is 0 Å². The van der Waals surface area contributed by atoms with Gasteiger partial charge in [0.25, 0.3) is 0 Å². The molecule has 2 aromatic rings. The number of benzene rings is 1. The summed E-state index contributed by atoms with van der Waals surface area (Å²) in [4.78, 5) is 30.0. The van der Waals surface area contributed by atoms with Gasteiger partial charge >= 0.3 is 0 Å². The molecule has 138 valence electrons. The zero-order valence-corrected chi connectivity index (χ0v) is 16.3. The van der Waals surface area contributed by atoms with Crippen molar-refractivity contribution in [2.45, 2.75) is 32.1 Å². The van der Waals surface area contributed by atoms with E-state index >= 15 is 0 Å². The zero-order valence-electron chi connectivity index (χ0n) is 15.5. The minimum absolute atomic E-state index is 0.157. The van der Waals surface area contributed by atoms with E-state index in [1.807, 2.05) is 45.5 Å². The molecule has 2 amide bonds. The van der Waals surface area contributed by atoms with Crippen molar-refractivity contribution >= 4 is 23.2 Å². The molecule has 0 bridgehead atoms. The summed E-state index contributed by atoms with van der Waals surface area (Å²) in [6.45, 7) is 6.73. The predicted molar refractivity (Wildman–Crippen MR) is 105 cm³/mol. The second-order valence-electron chi connectivity index (χ2n) is 7.44. The fourth-order valence-corrected chi connectivity index (χ4v) is 4.06. The van der Waals surface area contributed by atoms with E-state index in [1.54, 1.807) is 11.3 Å². The van der Waals surface area contributed by atoms with Crippen LogP contribution in [0, 0.1) is 0 Å². The highest BCUT2D eigenvalue weighted by Gasteiger charge is 2.29. The van der Waals surface area contributed by atoms with Crippen LogP contribution in [0.15, 0.2) is 47.8 Å². The normalized spacial score (nSPS) is 15.2. The van der Waals surface area contributed by atoms with Crippen molar-refractivity contribution in [2.75, 3.05) is 26.2 Å². The van der Waals surface area contributed by atoms with Crippen molar-refractivity contribution in [1.82, 2.24) is 9.80 Å². The lowest BCUT2D eigenvalue weighted by Crippen LogP contribution is -2.51. The smallest absolute Gasteiger partial charge is 0.227 e. The highest BCUT2D eigenvalue weighted by molar-refractivity contribution is 7.10. The number of thiophene rings is 1. The lowest BCUT2D eigenvalue weighted by atomic mass is 9.81. The number of rotatable bonds is 5. The summed E-state index contributed by atoms with van der Waals surface area (Å²) >= 11 is 1.61. The Morgan fingerprint density at radius 1 is 0.923 bits per heavy atom. The van der Waals surface area contributed by atoms with E-state index in [0.717, 1.165) is 4.88 Å². The SMILES string of the molecule is CC(C)(CC(=O)N1CCN(C(=O)Cc2cccs2)CC1)c1ccccc1. The Hall–Kier alpha value is -2.14. The number of nitrogens with zero attached hydrogens (tertiary/aromatic N) is 2. The molecule has 1 aromatic carbocycles. The minimum atomic E-state index is -0.190. The van der Waals surface area contributed by atoms with Crippen LogP contribution in [-0.2, 0) is 21.4 Å². The van der Waals surface area contributed by atoms with Gasteiger partial charge in [0.2, 0.25) is 11.8 Å². The molecule has 1 saturated heterocycles. The number of amides is 2. The topological polar surface area (TPSA) is 40.6 Å². The summed E-state index contributed by atoms with van der Waals surface area (Å²) < 4.78 is 0. The number of hydrogen-bond donors (Lipinski definition) is 0. The Morgan fingerprint density at radius 2 is 1.54 bits per heavy atom. The maximum atomic E-state index is 12.7. The molecule has 0 N–H and O–H groups in total. The van der Waals surface area contributed by atoms with Crippen LogP contribution in [0.25, 0.3) is 0 Å². The molecule has 5 heteroatoms. The van der Waals surface area contributed by atoms with E-state index in [0.29, 0.717) is 39.0 Å². The van der Waals surface area contributed by atoms with Gasteiger partial charge in [0, 0.05) is 37.5 Å². The van der Waals surface area contributed by atoms with Gasteiger partial charge in [-0.3, -0.25) is 9.59 Å². The van der Waals surface area contributed by atoms with Gasteiger partial charge in [-0.05, 0) is 22.4 Å². The van der Waals surface area contributed by atoms with Crippen LogP contribution in [0.4, 0.5) is 0 Å². The number of hydrogen-bond acceptors (Lipinski definition) is 3. The van der Waals surface area contributed by atoms with E-state index in [-0.39, 0.29) is 17.2 Å². The molecule has 0 saturated carbocycles. The van der Waals surface area contributed by atoms with Crippen molar-refractivity contribution in [3.63, 3.8) is 0 Å². The largest absolute Gasteiger partial charge is 0.339 e. The van der Waals surface area contributed by atoms with Crippen LogP contribution in [0.5, 0.6) is 0 Å². The third-order valence-electron chi connectivity index (χ3n) is 5.04. The molecule has 0 aliphatic carbocycles. The van der Waals surface area contributed by atoms with Gasteiger partial charge in [0.1, 0.15) is 0 Å². The number of carbonyl (C=O) groups excluding carboxylic acids is 2. The van der Waals surface area contributed by atoms with Crippen LogP contribution in [0.2, 0.25) is 0 Å². The highest BCUT2D eigenvalue weighted by atomic mass is 32.1. The van der Waals surface area contributed by atoms with Crippen LogP contribution in [0.3, 0.4) is 0 Å². The monoisotopic (exact) mass is 370 g/mol. The fourth-order valence-electron chi connectivity index (χ4n) is 3.36. The van der Waals surface area contributed by atoms with Gasteiger partial charge in [-0.2, -0.15) is 0 Å². The van der Waals surface area contributed by atoms with Gasteiger partial charge in [-0.25, -0.2) is 0 Å². The highest BCUT2D eigenvalue weighted by Crippen LogP contribution is 2.27. The standard InChI is InChI=1S/C21H26N2O2S/c1-21(2,17-7-4-3-5-8-17)16-20(25)23-12-10-22(11-13-23)19(24)15-18-9-6-14-26-18/h3-9,14H,10-13,15-16H2,1-2H3. The molecule has 2 heterocycles. The van der Waals surface area contributed by atoms with E-state index in [2.05, 4.69) is 26.0 Å². The van der Waals surface area contributed by atoms with Gasteiger partial charge in [-0.15, -0.1) is 11.3 Å². The molecule has 0 atom stereocenters. The summed E-state index contributed by atoms with van der Waals surface area (Å²) in [7, 11) is 0. The molecule has 4 nitrogen and oxygen atoms in total. The first kappa shape index (κ1) is 18.6. The summed E-state index contributed by atoms with van der Waals surface area (Å²) in [6.07, 6.45) is 0.951. The third kappa shape index (κ3) is 4.52. The molecule has 0 radical (unpaired) electrons. The minimum Gasteiger partial charge on any atom is -0.339 e. The molecule has 1 aliphatic rings. The van der Waals surface area contributed by atoms with E-state index in [9.17, 15) is 9.59 Å². The molecule has 3 rings (SSSR count). The van der Waals surface area contributed by atoms with E-state index in [4.69, 9.17) is 0 Å². The third-order valence-corrected chi connectivity index (χ3v) is 5.92. The second kappa shape index (κ2) is 8.04. The first-order valence-corrected chi connectivity index (χ1v) is 9.97. The van der Waals surface area contributed by atoms with Crippen LogP contribution in [0.1, 0.15) is 30.7 Å². The quantitative estimate of drug-likeness (QED) is 0.810. The lowest BCUT2D eigenvalue weighted by Gasteiger charge is -2.36. The number of piperazine rings is 1. The molecular weight excluding hydrogens is 344 g/mol. The molecule has 1 aliphatic heterocycles. The van der Waals surface area contributed by atoms with Gasteiger partial charge < -0.3 is 9.80 Å². The molecule has 26 heavy (non-hydrogen) atoms. The molecule has 0 unspecified atom stereocenters. The van der Waals surface area contributed by atoms with Crippen molar-refractivity contribution in [2.24, 2.45) is 0 Å². The van der Waals surface area contributed by atoms with Crippen molar-refractivity contribution in [3.8, 4) is 0 Å². The first-order chi connectivity index (χ1) is 12.5. The Bertz CT molecular complexity index is 733. The van der Waals surface area contributed by atoms with Crippen LogP contribution >= 0.6 is 11.3 Å². The summed E-state index contributed by atoms with van der Waals surface area (Å²) in [5.41, 5.74) is 0.989. The van der Waals surface area contributed by atoms with E-state index < -0.39 is 0 Å². The molecular formula is C21H26N2O2S. The maximum Gasteiger partial charge on any atom is 0.227 e. The van der Waals surface area contributed by atoms with Crippen LogP contribution in [-0.4, -0.2) is 47.8 Å².